The lowest BCUT2D eigenvalue weighted by Crippen LogP contribution is -2.31. The Kier molecular flexibility index (Phi) is 4.07. The first-order chi connectivity index (χ1) is 7.50. The number of carbonyl (C=O) groups excluding carboxylic acids is 1. The summed E-state index contributed by atoms with van der Waals surface area (Å²) in [6.07, 6.45) is 1.04. The molecule has 0 spiro atoms. The lowest BCUT2D eigenvalue weighted by atomic mass is 10.3. The monoisotopic (exact) mass is 226 g/mol. The molecule has 16 heavy (non-hydrogen) atoms. The van der Waals surface area contributed by atoms with Gasteiger partial charge in [-0.15, -0.1) is 0 Å². The highest BCUT2D eigenvalue weighted by atomic mass is 16.4. The first-order valence-electron chi connectivity index (χ1n) is 4.75. The van der Waals surface area contributed by atoms with Gasteiger partial charge in [-0.05, 0) is 14.1 Å². The molecule has 1 aromatic heterocycles. The number of nitrogens with zero attached hydrogens (tertiary/aromatic N) is 1. The molecule has 1 aromatic rings. The second kappa shape index (κ2) is 5.32. The van der Waals surface area contributed by atoms with Gasteiger partial charge in [-0.25, -0.2) is 4.79 Å². The van der Waals surface area contributed by atoms with Crippen LogP contribution in [0, 0.1) is 0 Å². The van der Waals surface area contributed by atoms with Crippen molar-refractivity contribution in [1.29, 1.82) is 0 Å². The highest BCUT2D eigenvalue weighted by Gasteiger charge is 2.13. The quantitative estimate of drug-likeness (QED) is 0.753. The van der Waals surface area contributed by atoms with Crippen molar-refractivity contribution in [2.75, 3.05) is 27.2 Å². The first-order valence-corrected chi connectivity index (χ1v) is 4.75. The minimum atomic E-state index is -1.11. The van der Waals surface area contributed by atoms with E-state index in [1.807, 2.05) is 19.0 Å². The number of nitrogens with one attached hydrogen (secondary N) is 1. The zero-order valence-corrected chi connectivity index (χ0v) is 9.19. The number of carboxylic acid groups (broad SMARTS) is 1. The van der Waals surface area contributed by atoms with Crippen LogP contribution in [0.15, 0.2) is 16.7 Å². The molecular formula is C10H14N2O4. The number of aromatic carboxylic acids is 1. The Balaban J connectivity index is 2.50. The molecule has 2 N–H and O–H groups in total. The zero-order valence-electron chi connectivity index (χ0n) is 9.19. The van der Waals surface area contributed by atoms with Crippen molar-refractivity contribution < 1.29 is 19.1 Å². The van der Waals surface area contributed by atoms with E-state index in [1.165, 1.54) is 6.07 Å². The average molecular weight is 226 g/mol. The molecule has 1 rings (SSSR count). The van der Waals surface area contributed by atoms with Gasteiger partial charge < -0.3 is 19.7 Å². The number of hydrogen-bond donors (Lipinski definition) is 2. The standard InChI is InChI=1S/C10H14N2O4/c1-12(2)4-3-11-9(13)8-5-7(6-16-8)10(14)15/h5-6H,3-4H2,1-2H3,(H,11,13)(H,14,15). The van der Waals surface area contributed by atoms with Gasteiger partial charge in [-0.1, -0.05) is 0 Å². The van der Waals surface area contributed by atoms with Gasteiger partial charge in [-0.2, -0.15) is 0 Å². The third kappa shape index (κ3) is 3.39. The minimum Gasteiger partial charge on any atom is -0.478 e. The van der Waals surface area contributed by atoms with Gasteiger partial charge in [0, 0.05) is 19.2 Å². The van der Waals surface area contributed by atoms with Gasteiger partial charge in [0.05, 0.1) is 5.56 Å². The largest absolute Gasteiger partial charge is 0.478 e. The van der Waals surface area contributed by atoms with Crippen LogP contribution in [0.4, 0.5) is 0 Å². The molecule has 6 nitrogen and oxygen atoms in total. The lowest BCUT2D eigenvalue weighted by Gasteiger charge is -2.09. The fourth-order valence-electron chi connectivity index (χ4n) is 1.05. The summed E-state index contributed by atoms with van der Waals surface area (Å²) in [5.74, 6) is -1.51. The molecule has 0 unspecified atom stereocenters. The number of likely N-dealkylation sites (N-methyl/N-ethyl adjacent to an activating group) is 1. The van der Waals surface area contributed by atoms with Crippen molar-refractivity contribution in [2.45, 2.75) is 0 Å². The molecule has 0 atom stereocenters. The zero-order chi connectivity index (χ0) is 12.1. The maximum atomic E-state index is 11.4. The molecule has 0 aliphatic carbocycles. The maximum Gasteiger partial charge on any atom is 0.338 e. The van der Waals surface area contributed by atoms with E-state index in [0.717, 1.165) is 6.26 Å². The summed E-state index contributed by atoms with van der Waals surface area (Å²) in [6.45, 7) is 1.19. The van der Waals surface area contributed by atoms with E-state index in [4.69, 9.17) is 9.52 Å². The van der Waals surface area contributed by atoms with Gasteiger partial charge >= 0.3 is 5.97 Å². The lowest BCUT2D eigenvalue weighted by molar-refractivity contribution is 0.0696. The Morgan fingerprint density at radius 1 is 1.50 bits per heavy atom. The predicted octanol–water partition coefficient (Wildman–Crippen LogP) is 0.269. The molecule has 0 aromatic carbocycles. The number of hydrogen-bond acceptors (Lipinski definition) is 4. The van der Waals surface area contributed by atoms with Gasteiger partial charge in [0.2, 0.25) is 0 Å². The van der Waals surface area contributed by atoms with E-state index in [9.17, 15) is 9.59 Å². The Morgan fingerprint density at radius 2 is 2.19 bits per heavy atom. The Bertz CT molecular complexity index is 384. The Labute approximate surface area is 92.8 Å². The van der Waals surface area contributed by atoms with Crippen LogP contribution in [0.25, 0.3) is 0 Å². The average Bonchev–Trinajstić information content (AvgIpc) is 2.65. The third-order valence-corrected chi connectivity index (χ3v) is 1.91. The fourth-order valence-corrected chi connectivity index (χ4v) is 1.05. The molecule has 6 heteroatoms. The van der Waals surface area contributed by atoms with E-state index in [-0.39, 0.29) is 11.3 Å². The van der Waals surface area contributed by atoms with Crippen molar-refractivity contribution in [1.82, 2.24) is 10.2 Å². The van der Waals surface area contributed by atoms with Crippen molar-refractivity contribution in [2.24, 2.45) is 0 Å². The second-order valence-corrected chi connectivity index (χ2v) is 3.56. The van der Waals surface area contributed by atoms with Crippen LogP contribution in [0.2, 0.25) is 0 Å². The molecular weight excluding hydrogens is 212 g/mol. The van der Waals surface area contributed by atoms with Crippen LogP contribution in [0.3, 0.4) is 0 Å². The highest BCUT2D eigenvalue weighted by Crippen LogP contribution is 2.07. The van der Waals surface area contributed by atoms with E-state index in [2.05, 4.69) is 5.32 Å². The van der Waals surface area contributed by atoms with E-state index >= 15 is 0 Å². The van der Waals surface area contributed by atoms with Crippen molar-refractivity contribution in [3.05, 3.63) is 23.7 Å². The maximum absolute atomic E-state index is 11.4. The number of carbonyl (C=O) groups is 2. The smallest absolute Gasteiger partial charge is 0.338 e. The van der Waals surface area contributed by atoms with E-state index < -0.39 is 11.9 Å². The number of amides is 1. The van der Waals surface area contributed by atoms with Crippen LogP contribution in [-0.4, -0.2) is 49.1 Å². The normalized spacial score (nSPS) is 10.4. The molecule has 0 saturated heterocycles. The molecule has 0 aliphatic heterocycles. The van der Waals surface area contributed by atoms with Crippen LogP contribution in [0.5, 0.6) is 0 Å². The van der Waals surface area contributed by atoms with Crippen LogP contribution < -0.4 is 5.32 Å². The van der Waals surface area contributed by atoms with Crippen LogP contribution >= 0.6 is 0 Å². The molecule has 0 radical (unpaired) electrons. The van der Waals surface area contributed by atoms with Crippen LogP contribution in [-0.2, 0) is 0 Å². The van der Waals surface area contributed by atoms with E-state index in [0.29, 0.717) is 13.1 Å². The summed E-state index contributed by atoms with van der Waals surface area (Å²) in [5, 5.41) is 11.2. The first kappa shape index (κ1) is 12.3. The van der Waals surface area contributed by atoms with Gasteiger partial charge in [0.15, 0.2) is 5.76 Å². The summed E-state index contributed by atoms with van der Waals surface area (Å²) < 4.78 is 4.84. The SMILES string of the molecule is CN(C)CCNC(=O)c1cc(C(=O)O)co1. The number of furan rings is 1. The molecule has 1 heterocycles. The third-order valence-electron chi connectivity index (χ3n) is 1.91. The summed E-state index contributed by atoms with van der Waals surface area (Å²) in [5.41, 5.74) is -0.0299. The van der Waals surface area contributed by atoms with Crippen LogP contribution in [0.1, 0.15) is 20.9 Å². The summed E-state index contributed by atoms with van der Waals surface area (Å²) in [7, 11) is 3.78. The van der Waals surface area contributed by atoms with Gasteiger partial charge in [-0.3, -0.25) is 4.79 Å². The van der Waals surface area contributed by atoms with Crippen molar-refractivity contribution in [3.8, 4) is 0 Å². The molecule has 0 saturated carbocycles. The number of rotatable bonds is 5. The molecule has 0 fully saturated rings. The molecule has 88 valence electrons. The van der Waals surface area contributed by atoms with Gasteiger partial charge in [0.1, 0.15) is 6.26 Å². The van der Waals surface area contributed by atoms with Crippen molar-refractivity contribution in [3.63, 3.8) is 0 Å². The molecule has 1 amide bonds. The second-order valence-electron chi connectivity index (χ2n) is 3.56. The summed E-state index contributed by atoms with van der Waals surface area (Å²) in [4.78, 5) is 23.9. The van der Waals surface area contributed by atoms with Gasteiger partial charge in [0.25, 0.3) is 5.91 Å². The molecule has 0 aliphatic rings. The Hall–Kier alpha value is -1.82. The fraction of sp³-hybridized carbons (Fsp3) is 0.400. The van der Waals surface area contributed by atoms with E-state index in [1.54, 1.807) is 0 Å². The summed E-state index contributed by atoms with van der Waals surface area (Å²) >= 11 is 0. The molecule has 0 bridgehead atoms. The topological polar surface area (TPSA) is 82.8 Å². The highest BCUT2D eigenvalue weighted by molar-refractivity contribution is 5.95. The van der Waals surface area contributed by atoms with Crippen molar-refractivity contribution >= 4 is 11.9 Å². The minimum absolute atomic E-state index is 0.0103. The predicted molar refractivity (Wildman–Crippen MR) is 56.6 cm³/mol. The summed E-state index contributed by atoms with van der Waals surface area (Å²) in [6, 6.07) is 1.20. The number of carboxylic acids is 1. The Morgan fingerprint density at radius 3 is 2.69 bits per heavy atom.